The molecule has 0 aliphatic carbocycles. The summed E-state index contributed by atoms with van der Waals surface area (Å²) in [4.78, 5) is 21.0. The lowest BCUT2D eigenvalue weighted by Gasteiger charge is -2.30. The van der Waals surface area contributed by atoms with Gasteiger partial charge in [-0.2, -0.15) is 13.2 Å². The number of aromatic nitrogens is 2. The van der Waals surface area contributed by atoms with Gasteiger partial charge in [-0.1, -0.05) is 18.2 Å². The third-order valence-electron chi connectivity index (χ3n) is 5.29. The summed E-state index contributed by atoms with van der Waals surface area (Å²) >= 11 is 0. The average molecular weight is 454 g/mol. The van der Waals surface area contributed by atoms with Crippen LogP contribution in [0, 0.1) is 0 Å². The fourth-order valence-corrected chi connectivity index (χ4v) is 3.60. The Balaban J connectivity index is 1.74. The maximum absolute atomic E-state index is 13.4. The van der Waals surface area contributed by atoms with Gasteiger partial charge in [0.05, 0.1) is 25.3 Å². The van der Waals surface area contributed by atoms with Crippen molar-refractivity contribution in [1.82, 2.24) is 24.7 Å². The second-order valence-corrected chi connectivity index (χ2v) is 8.11. The number of imidazole rings is 1. The number of alkyl halides is 3. The number of benzene rings is 1. The minimum absolute atomic E-state index is 0.0219. The van der Waals surface area contributed by atoms with Gasteiger partial charge in [0.15, 0.2) is 0 Å². The van der Waals surface area contributed by atoms with Crippen molar-refractivity contribution in [2.45, 2.75) is 39.2 Å². The Morgan fingerprint density at radius 2 is 1.97 bits per heavy atom. The number of ether oxygens (including phenoxy) is 1. The number of hydrogen-bond acceptors (Lipinski definition) is 4. The molecular formula is C22H30F3N5O2. The summed E-state index contributed by atoms with van der Waals surface area (Å²) in [6.07, 6.45) is -1.24. The Labute approximate surface area is 186 Å². The molecule has 32 heavy (non-hydrogen) atoms. The van der Waals surface area contributed by atoms with Gasteiger partial charge in [0.25, 0.3) is 0 Å². The number of carbonyl (C=O) groups excluding carboxylic acids is 1. The van der Waals surface area contributed by atoms with Crippen LogP contribution in [0.25, 0.3) is 0 Å². The fourth-order valence-electron chi connectivity index (χ4n) is 3.60. The molecule has 1 saturated heterocycles. The molecule has 0 spiro atoms. The van der Waals surface area contributed by atoms with Crippen LogP contribution in [0.4, 0.5) is 18.0 Å². The van der Waals surface area contributed by atoms with Gasteiger partial charge in [-0.3, -0.25) is 4.90 Å². The van der Waals surface area contributed by atoms with E-state index in [9.17, 15) is 18.0 Å². The molecule has 0 bridgehead atoms. The summed E-state index contributed by atoms with van der Waals surface area (Å²) in [7, 11) is 0. The Hall–Kier alpha value is -2.59. The third-order valence-corrected chi connectivity index (χ3v) is 5.29. The molecule has 1 aromatic carbocycles. The summed E-state index contributed by atoms with van der Waals surface area (Å²) in [6, 6.07) is 5.26. The first-order valence-corrected chi connectivity index (χ1v) is 10.7. The number of hydrogen-bond donors (Lipinski definition) is 1. The van der Waals surface area contributed by atoms with Crippen LogP contribution in [-0.4, -0.2) is 70.8 Å². The minimum atomic E-state index is -4.43. The molecule has 0 atom stereocenters. The van der Waals surface area contributed by atoms with Crippen molar-refractivity contribution >= 4 is 6.03 Å². The predicted molar refractivity (Wildman–Crippen MR) is 114 cm³/mol. The van der Waals surface area contributed by atoms with E-state index in [0.29, 0.717) is 32.1 Å². The van der Waals surface area contributed by atoms with Crippen molar-refractivity contribution in [3.8, 4) is 0 Å². The number of morpholine rings is 1. The number of amides is 2. The van der Waals surface area contributed by atoms with Crippen LogP contribution >= 0.6 is 0 Å². The van der Waals surface area contributed by atoms with Crippen LogP contribution in [0.3, 0.4) is 0 Å². The van der Waals surface area contributed by atoms with E-state index in [1.54, 1.807) is 27.9 Å². The molecular weight excluding hydrogens is 423 g/mol. The van der Waals surface area contributed by atoms with E-state index in [0.717, 1.165) is 19.2 Å². The molecule has 2 amide bonds. The lowest BCUT2D eigenvalue weighted by atomic mass is 10.1. The highest BCUT2D eigenvalue weighted by molar-refractivity contribution is 5.74. The first kappa shape index (κ1) is 24.1. The van der Waals surface area contributed by atoms with Gasteiger partial charge in [-0.05, 0) is 25.5 Å². The Morgan fingerprint density at radius 1 is 1.25 bits per heavy atom. The lowest BCUT2D eigenvalue weighted by Crippen LogP contribution is -2.47. The molecule has 0 unspecified atom stereocenters. The molecule has 1 fully saturated rings. The normalized spacial score (nSPS) is 15.2. The summed E-state index contributed by atoms with van der Waals surface area (Å²) in [5.41, 5.74) is -0.507. The molecule has 1 N–H and O–H groups in total. The molecule has 1 aromatic heterocycles. The number of rotatable bonds is 8. The van der Waals surface area contributed by atoms with Crippen LogP contribution in [0.2, 0.25) is 0 Å². The van der Waals surface area contributed by atoms with Crippen LogP contribution in [0.5, 0.6) is 0 Å². The molecule has 7 nitrogen and oxygen atoms in total. The van der Waals surface area contributed by atoms with Gasteiger partial charge in [-0.15, -0.1) is 0 Å². The number of carbonyl (C=O) groups is 1. The van der Waals surface area contributed by atoms with Crippen molar-refractivity contribution in [2.75, 3.05) is 39.4 Å². The van der Waals surface area contributed by atoms with Crippen LogP contribution in [-0.2, 0) is 24.0 Å². The molecule has 0 saturated carbocycles. The Morgan fingerprint density at radius 3 is 2.66 bits per heavy atom. The molecule has 0 radical (unpaired) electrons. The van der Waals surface area contributed by atoms with E-state index in [4.69, 9.17) is 4.74 Å². The van der Waals surface area contributed by atoms with Crippen molar-refractivity contribution in [1.29, 1.82) is 0 Å². The van der Waals surface area contributed by atoms with Gasteiger partial charge in [-0.25, -0.2) is 9.78 Å². The van der Waals surface area contributed by atoms with Gasteiger partial charge in [0, 0.05) is 51.2 Å². The van der Waals surface area contributed by atoms with Gasteiger partial charge in [0.2, 0.25) is 0 Å². The highest BCUT2D eigenvalue weighted by atomic mass is 19.4. The minimum Gasteiger partial charge on any atom is -0.379 e. The fraction of sp³-hybridized carbons (Fsp3) is 0.545. The van der Waals surface area contributed by atoms with E-state index in [-0.39, 0.29) is 30.7 Å². The molecule has 1 aliphatic rings. The summed E-state index contributed by atoms with van der Waals surface area (Å²) in [5.74, 6) is 0.530. The van der Waals surface area contributed by atoms with Crippen LogP contribution in [0.1, 0.15) is 30.8 Å². The summed E-state index contributed by atoms with van der Waals surface area (Å²) in [6.45, 7) is 8.10. The van der Waals surface area contributed by atoms with Crippen molar-refractivity contribution in [2.24, 2.45) is 0 Å². The van der Waals surface area contributed by atoms with Crippen LogP contribution < -0.4 is 5.32 Å². The monoisotopic (exact) mass is 453 g/mol. The Bertz CT molecular complexity index is 878. The lowest BCUT2D eigenvalue weighted by molar-refractivity contribution is -0.138. The maximum atomic E-state index is 13.4. The molecule has 1 aliphatic heterocycles. The molecule has 2 heterocycles. The quantitative estimate of drug-likeness (QED) is 0.667. The summed E-state index contributed by atoms with van der Waals surface area (Å²) in [5, 5.41) is 2.90. The largest absolute Gasteiger partial charge is 0.416 e. The number of halogens is 3. The maximum Gasteiger partial charge on any atom is 0.416 e. The number of nitrogens with one attached hydrogen (secondary N) is 1. The highest BCUT2D eigenvalue weighted by Gasteiger charge is 2.33. The van der Waals surface area contributed by atoms with E-state index in [2.05, 4.69) is 15.2 Å². The van der Waals surface area contributed by atoms with Gasteiger partial charge >= 0.3 is 12.2 Å². The topological polar surface area (TPSA) is 62.6 Å². The van der Waals surface area contributed by atoms with Crippen LogP contribution in [0.15, 0.2) is 36.7 Å². The number of urea groups is 1. The van der Waals surface area contributed by atoms with E-state index in [1.165, 1.54) is 12.1 Å². The number of nitrogens with zero attached hydrogens (tertiary/aromatic N) is 4. The zero-order chi connectivity index (χ0) is 23.1. The standard InChI is InChI=1S/C22H30F3N5O2/c1-17(2)27-21(31)30(10-9-28-11-13-32-14-12-28)16-20-26-7-8-29(20)15-18-5-3-4-6-19(18)22(23,24)25/h3-8,17H,9-16H2,1-2H3,(H,27,31). The predicted octanol–water partition coefficient (Wildman–Crippen LogP) is 3.20. The highest BCUT2D eigenvalue weighted by Crippen LogP contribution is 2.32. The van der Waals surface area contributed by atoms with Gasteiger partial charge in [0.1, 0.15) is 5.82 Å². The van der Waals surface area contributed by atoms with Crippen molar-refractivity contribution in [3.63, 3.8) is 0 Å². The smallest absolute Gasteiger partial charge is 0.379 e. The average Bonchev–Trinajstić information content (AvgIpc) is 3.17. The van der Waals surface area contributed by atoms with E-state index >= 15 is 0 Å². The van der Waals surface area contributed by atoms with Crippen molar-refractivity contribution in [3.05, 3.63) is 53.6 Å². The zero-order valence-corrected chi connectivity index (χ0v) is 18.4. The molecule has 2 aromatic rings. The van der Waals surface area contributed by atoms with Gasteiger partial charge < -0.3 is 19.5 Å². The van der Waals surface area contributed by atoms with Crippen molar-refractivity contribution < 1.29 is 22.7 Å². The molecule has 3 rings (SSSR count). The Kier molecular flexibility index (Phi) is 8.14. The summed E-state index contributed by atoms with van der Waals surface area (Å²) < 4.78 is 47.2. The second-order valence-electron chi connectivity index (χ2n) is 8.11. The zero-order valence-electron chi connectivity index (χ0n) is 18.4. The first-order chi connectivity index (χ1) is 15.2. The molecule has 10 heteroatoms. The SMILES string of the molecule is CC(C)NC(=O)N(CCN1CCOCC1)Cc1nccn1Cc1ccccc1C(F)(F)F. The van der Waals surface area contributed by atoms with E-state index < -0.39 is 11.7 Å². The van der Waals surface area contributed by atoms with E-state index in [1.807, 2.05) is 13.8 Å². The molecule has 176 valence electrons. The third kappa shape index (κ3) is 6.70. The first-order valence-electron chi connectivity index (χ1n) is 10.7. The second kappa shape index (κ2) is 10.8.